The molecule has 0 amide bonds. The van der Waals surface area contributed by atoms with Crippen molar-refractivity contribution in [2.45, 2.75) is 40.2 Å². The molecule has 0 fully saturated rings. The molecule has 0 saturated heterocycles. The van der Waals surface area contributed by atoms with Crippen LogP contribution in [-0.2, 0) is 0 Å². The summed E-state index contributed by atoms with van der Waals surface area (Å²) in [4.78, 5) is 0. The van der Waals surface area contributed by atoms with Gasteiger partial charge in [0.25, 0.3) is 0 Å². The predicted octanol–water partition coefficient (Wildman–Crippen LogP) is 5.92. The smallest absolute Gasteiger partial charge is 0.0837 e. The molecule has 0 aromatic rings. The van der Waals surface area contributed by atoms with Gasteiger partial charge in [-0.25, -0.2) is 0 Å². The summed E-state index contributed by atoms with van der Waals surface area (Å²) in [5, 5.41) is 0. The van der Waals surface area contributed by atoms with Gasteiger partial charge in [-0.15, -0.1) is 0 Å². The van der Waals surface area contributed by atoms with Gasteiger partial charge in [0.15, 0.2) is 7.59 Å². The third-order valence-corrected chi connectivity index (χ3v) is 3.46. The summed E-state index contributed by atoms with van der Waals surface area (Å²) in [6.07, 6.45) is 2.77. The maximum atomic E-state index is 5.78. The standard InChI is InChI=1S/C8H12Cl6/c1-2-6(8(12,13)14)4-3-5-7(9,10)11/h6H,2-5H2,1H3. The summed E-state index contributed by atoms with van der Waals surface area (Å²) in [7, 11) is 0. The van der Waals surface area contributed by atoms with Gasteiger partial charge in [-0.05, 0) is 25.7 Å². The molecule has 0 aromatic carbocycles. The van der Waals surface area contributed by atoms with E-state index >= 15 is 0 Å². The normalized spacial score (nSPS) is 15.6. The Bertz CT molecular complexity index is 156. The minimum atomic E-state index is -1.22. The van der Waals surface area contributed by atoms with Crippen molar-refractivity contribution in [2.75, 3.05) is 0 Å². The lowest BCUT2D eigenvalue weighted by atomic mass is 10.0. The monoisotopic (exact) mass is 318 g/mol. The second kappa shape index (κ2) is 6.47. The highest BCUT2D eigenvalue weighted by atomic mass is 35.6. The van der Waals surface area contributed by atoms with Crippen LogP contribution in [0.5, 0.6) is 0 Å². The van der Waals surface area contributed by atoms with E-state index in [1.165, 1.54) is 0 Å². The van der Waals surface area contributed by atoms with E-state index in [1.807, 2.05) is 6.92 Å². The van der Waals surface area contributed by atoms with E-state index in [0.29, 0.717) is 6.42 Å². The van der Waals surface area contributed by atoms with Crippen LogP contribution in [-0.4, -0.2) is 7.59 Å². The molecule has 0 rings (SSSR count). The zero-order valence-corrected chi connectivity index (χ0v) is 12.2. The number of halogens is 6. The third kappa shape index (κ3) is 7.96. The van der Waals surface area contributed by atoms with Gasteiger partial charge in [0.05, 0.1) is 0 Å². The molecule has 6 heteroatoms. The molecule has 0 nitrogen and oxygen atoms in total. The largest absolute Gasteiger partial charge is 0.193 e. The minimum Gasteiger partial charge on any atom is -0.0837 e. The first-order valence-electron chi connectivity index (χ1n) is 4.30. The lowest BCUT2D eigenvalue weighted by Gasteiger charge is -2.23. The van der Waals surface area contributed by atoms with E-state index in [-0.39, 0.29) is 5.92 Å². The lowest BCUT2D eigenvalue weighted by molar-refractivity contribution is 0.455. The Morgan fingerprint density at radius 2 is 1.50 bits per heavy atom. The van der Waals surface area contributed by atoms with Gasteiger partial charge in [0.2, 0.25) is 0 Å². The van der Waals surface area contributed by atoms with Crippen LogP contribution in [0, 0.1) is 5.92 Å². The summed E-state index contributed by atoms with van der Waals surface area (Å²) < 4.78 is -2.42. The fourth-order valence-electron chi connectivity index (χ4n) is 1.15. The number of rotatable bonds is 4. The van der Waals surface area contributed by atoms with Gasteiger partial charge in [-0.3, -0.25) is 0 Å². The Balaban J connectivity index is 3.87. The first-order chi connectivity index (χ1) is 6.17. The predicted molar refractivity (Wildman–Crippen MR) is 68.2 cm³/mol. The van der Waals surface area contributed by atoms with E-state index in [4.69, 9.17) is 69.6 Å². The van der Waals surface area contributed by atoms with Crippen molar-refractivity contribution in [3.05, 3.63) is 0 Å². The summed E-state index contributed by atoms with van der Waals surface area (Å²) in [5.74, 6) is 0.0137. The molecular weight excluding hydrogens is 309 g/mol. The SMILES string of the molecule is CCC(CCCC(Cl)(Cl)Cl)C(Cl)(Cl)Cl. The van der Waals surface area contributed by atoms with Crippen LogP contribution in [0.4, 0.5) is 0 Å². The highest BCUT2D eigenvalue weighted by Gasteiger charge is 2.31. The van der Waals surface area contributed by atoms with Crippen molar-refractivity contribution >= 4 is 69.6 Å². The van der Waals surface area contributed by atoms with Gasteiger partial charge >= 0.3 is 0 Å². The summed E-state index contributed by atoms with van der Waals surface area (Å²) in [6, 6.07) is 0. The second-order valence-corrected chi connectivity index (χ2v) is 8.04. The van der Waals surface area contributed by atoms with E-state index in [2.05, 4.69) is 0 Å². The van der Waals surface area contributed by atoms with Crippen LogP contribution in [0.3, 0.4) is 0 Å². The molecule has 0 aromatic heterocycles. The van der Waals surface area contributed by atoms with Crippen molar-refractivity contribution < 1.29 is 0 Å². The van der Waals surface area contributed by atoms with Gasteiger partial charge in [-0.2, -0.15) is 0 Å². The molecule has 1 atom stereocenters. The van der Waals surface area contributed by atoms with Gasteiger partial charge in [0.1, 0.15) is 0 Å². The fraction of sp³-hybridized carbons (Fsp3) is 1.00. The Hall–Kier alpha value is 1.74. The maximum absolute atomic E-state index is 5.78. The van der Waals surface area contributed by atoms with Crippen LogP contribution >= 0.6 is 69.6 Å². The topological polar surface area (TPSA) is 0 Å². The van der Waals surface area contributed by atoms with Gasteiger partial charge in [0, 0.05) is 5.92 Å². The summed E-state index contributed by atoms with van der Waals surface area (Å²) in [5.41, 5.74) is 0. The molecule has 0 aliphatic heterocycles. The van der Waals surface area contributed by atoms with Crippen molar-refractivity contribution in [3.8, 4) is 0 Å². The maximum Gasteiger partial charge on any atom is 0.193 e. The average Bonchev–Trinajstić information content (AvgIpc) is 1.93. The Kier molecular flexibility index (Phi) is 7.27. The number of hydrogen-bond donors (Lipinski definition) is 0. The van der Waals surface area contributed by atoms with Crippen LogP contribution in [0.2, 0.25) is 0 Å². The van der Waals surface area contributed by atoms with Crippen LogP contribution in [0.15, 0.2) is 0 Å². The fourth-order valence-corrected chi connectivity index (χ4v) is 2.34. The van der Waals surface area contributed by atoms with Crippen LogP contribution in [0.25, 0.3) is 0 Å². The molecular formula is C8H12Cl6. The average molecular weight is 321 g/mol. The quantitative estimate of drug-likeness (QED) is 0.564. The zero-order chi connectivity index (χ0) is 11.4. The molecule has 0 aliphatic rings. The van der Waals surface area contributed by atoms with Crippen LogP contribution < -0.4 is 0 Å². The Labute approximate surface area is 115 Å². The second-order valence-electron chi connectivity index (χ2n) is 3.15. The van der Waals surface area contributed by atoms with E-state index < -0.39 is 7.59 Å². The lowest BCUT2D eigenvalue weighted by Crippen LogP contribution is -2.19. The zero-order valence-electron chi connectivity index (χ0n) is 7.67. The van der Waals surface area contributed by atoms with Crippen molar-refractivity contribution in [2.24, 2.45) is 5.92 Å². The molecule has 0 aliphatic carbocycles. The third-order valence-electron chi connectivity index (χ3n) is 1.97. The molecule has 0 saturated carbocycles. The highest BCUT2D eigenvalue weighted by molar-refractivity contribution is 6.68. The molecule has 0 bridgehead atoms. The number of alkyl halides is 6. The van der Waals surface area contributed by atoms with Crippen molar-refractivity contribution in [1.29, 1.82) is 0 Å². The highest BCUT2D eigenvalue weighted by Crippen LogP contribution is 2.41. The molecule has 0 radical (unpaired) electrons. The first kappa shape index (κ1) is 15.7. The van der Waals surface area contributed by atoms with Crippen LogP contribution in [0.1, 0.15) is 32.6 Å². The molecule has 0 spiro atoms. The van der Waals surface area contributed by atoms with Crippen molar-refractivity contribution in [3.63, 3.8) is 0 Å². The molecule has 1 unspecified atom stereocenters. The minimum absolute atomic E-state index is 0.0137. The summed E-state index contributed by atoms with van der Waals surface area (Å²) in [6.45, 7) is 1.97. The van der Waals surface area contributed by atoms with E-state index in [0.717, 1.165) is 19.3 Å². The van der Waals surface area contributed by atoms with E-state index in [9.17, 15) is 0 Å². The van der Waals surface area contributed by atoms with Gasteiger partial charge in [-0.1, -0.05) is 76.5 Å². The number of hydrogen-bond acceptors (Lipinski definition) is 0. The van der Waals surface area contributed by atoms with Gasteiger partial charge < -0.3 is 0 Å². The molecule has 0 heterocycles. The summed E-state index contributed by atoms with van der Waals surface area (Å²) >= 11 is 34.2. The molecule has 86 valence electrons. The Morgan fingerprint density at radius 1 is 1.00 bits per heavy atom. The van der Waals surface area contributed by atoms with E-state index in [1.54, 1.807) is 0 Å². The Morgan fingerprint density at radius 3 is 1.79 bits per heavy atom. The molecule has 14 heavy (non-hydrogen) atoms. The van der Waals surface area contributed by atoms with Crippen molar-refractivity contribution in [1.82, 2.24) is 0 Å². The first-order valence-corrected chi connectivity index (χ1v) is 6.57. The molecule has 0 N–H and O–H groups in total.